The molecule has 0 bridgehead atoms. The van der Waals surface area contributed by atoms with Gasteiger partial charge >= 0.3 is 5.97 Å². The number of esters is 1. The van der Waals surface area contributed by atoms with Crippen molar-refractivity contribution < 1.29 is 23.1 Å². The van der Waals surface area contributed by atoms with Crippen LogP contribution >= 0.6 is 0 Å². The van der Waals surface area contributed by atoms with Crippen LogP contribution in [0.1, 0.15) is 66.5 Å². The van der Waals surface area contributed by atoms with E-state index < -0.39 is 43.2 Å². The number of rotatable bonds is 10. The molecule has 42 heavy (non-hydrogen) atoms. The number of pyridine rings is 1. The lowest BCUT2D eigenvalue weighted by Crippen LogP contribution is -2.33. The molecule has 2 aromatic carbocycles. The van der Waals surface area contributed by atoms with Crippen LogP contribution in [-0.2, 0) is 21.0 Å². The van der Waals surface area contributed by atoms with Gasteiger partial charge in [-0.25, -0.2) is 18.2 Å². The number of unbranched alkanes of at least 4 members (excludes halogenated alkanes) is 1. The summed E-state index contributed by atoms with van der Waals surface area (Å²) < 4.78 is 33.8. The summed E-state index contributed by atoms with van der Waals surface area (Å²) in [5, 5.41) is 10.4. The summed E-state index contributed by atoms with van der Waals surface area (Å²) in [5.74, 6) is 1.43. The molecule has 0 saturated carbocycles. The van der Waals surface area contributed by atoms with E-state index in [4.69, 9.17) is 11.2 Å². The van der Waals surface area contributed by atoms with Crippen LogP contribution in [0.2, 0.25) is 0 Å². The second-order valence-corrected chi connectivity index (χ2v) is 11.4. The molecule has 1 N–H and O–H groups in total. The second-order valence-electron chi connectivity index (χ2n) is 9.58. The van der Waals surface area contributed by atoms with Gasteiger partial charge in [-0.3, -0.25) is 9.36 Å². The number of sulfone groups is 1. The van der Waals surface area contributed by atoms with E-state index in [0.717, 1.165) is 12.0 Å². The number of hydrogen-bond donors (Lipinski definition) is 1. The fourth-order valence-electron chi connectivity index (χ4n) is 4.85. The third-order valence-electron chi connectivity index (χ3n) is 6.94. The summed E-state index contributed by atoms with van der Waals surface area (Å²) in [6.45, 7) is 3.85. The lowest BCUT2D eigenvalue weighted by atomic mass is 10.0. The highest BCUT2D eigenvalue weighted by Gasteiger charge is 2.32. The molecule has 216 valence electrons. The van der Waals surface area contributed by atoms with E-state index in [1.54, 1.807) is 42.5 Å². The van der Waals surface area contributed by atoms with Gasteiger partial charge in [-0.2, -0.15) is 4.98 Å². The first-order chi connectivity index (χ1) is 20.2. The van der Waals surface area contributed by atoms with E-state index in [0.29, 0.717) is 36.0 Å². The molecule has 0 amide bonds. The minimum atomic E-state index is -4.61. The SMILES string of the molecule is C#Cc1cccc([C@H](CC)n2c(CCCC)nc(O)c(S(=O)(=O)c3ccc(-c4ccccc4C(=O)OC)cn3)c2=O)c1. The number of nitrogens with zero attached hydrogens (tertiary/aromatic N) is 3. The van der Waals surface area contributed by atoms with Crippen molar-refractivity contribution in [1.29, 1.82) is 0 Å². The molecule has 0 radical (unpaired) electrons. The number of benzene rings is 2. The van der Waals surface area contributed by atoms with Gasteiger partial charge in [-0.05, 0) is 54.3 Å². The summed E-state index contributed by atoms with van der Waals surface area (Å²) in [5.41, 5.74) is 1.68. The van der Waals surface area contributed by atoms with E-state index in [1.807, 2.05) is 19.9 Å². The Kier molecular flexibility index (Phi) is 9.23. The minimum Gasteiger partial charge on any atom is -0.492 e. The van der Waals surface area contributed by atoms with Gasteiger partial charge in [-0.1, -0.05) is 56.5 Å². The third kappa shape index (κ3) is 5.83. The van der Waals surface area contributed by atoms with Crippen LogP contribution in [0.3, 0.4) is 0 Å². The van der Waals surface area contributed by atoms with Gasteiger partial charge in [0.25, 0.3) is 5.56 Å². The van der Waals surface area contributed by atoms with Crippen LogP contribution in [0, 0.1) is 12.3 Å². The van der Waals surface area contributed by atoms with Crippen LogP contribution in [0.4, 0.5) is 0 Å². The summed E-state index contributed by atoms with van der Waals surface area (Å²) in [6.07, 6.45) is 9.15. The number of hydrogen-bond acceptors (Lipinski definition) is 8. The van der Waals surface area contributed by atoms with Gasteiger partial charge in [0.05, 0.1) is 18.7 Å². The monoisotopic (exact) mass is 585 g/mol. The van der Waals surface area contributed by atoms with E-state index in [2.05, 4.69) is 15.9 Å². The molecule has 2 heterocycles. The van der Waals surface area contributed by atoms with Gasteiger partial charge in [0.15, 0.2) is 5.03 Å². The summed E-state index contributed by atoms with van der Waals surface area (Å²) in [6, 6.07) is 15.9. The molecule has 1 atom stereocenters. The highest BCUT2D eigenvalue weighted by molar-refractivity contribution is 7.91. The molecule has 0 saturated heterocycles. The summed E-state index contributed by atoms with van der Waals surface area (Å²) in [4.78, 5) is 33.7. The fourth-order valence-corrected chi connectivity index (χ4v) is 6.11. The number of ether oxygens (including phenoxy) is 1. The first-order valence-corrected chi connectivity index (χ1v) is 15.0. The molecule has 0 fully saturated rings. The standard InChI is InChI=1S/C32H31N3O6S/c1-5-8-16-27-34-30(36)29(31(37)35(27)26(7-3)22-13-11-12-21(6-2)19-22)42(39,40)28-18-17-23(20-33-28)24-14-9-10-15-25(24)32(38)41-4/h2,9-15,17-20,26,36H,5,7-8,16H2,1,3-4H3/t26-/m0/s1. The zero-order valence-electron chi connectivity index (χ0n) is 23.6. The van der Waals surface area contributed by atoms with Gasteiger partial charge in [0.2, 0.25) is 20.6 Å². The smallest absolute Gasteiger partial charge is 0.338 e. The summed E-state index contributed by atoms with van der Waals surface area (Å²) in [7, 11) is -3.34. The van der Waals surface area contributed by atoms with Crippen LogP contribution in [-0.4, -0.2) is 41.1 Å². The molecule has 0 aliphatic carbocycles. The Morgan fingerprint density at radius 1 is 1.12 bits per heavy atom. The van der Waals surface area contributed by atoms with Gasteiger partial charge in [0, 0.05) is 23.7 Å². The van der Waals surface area contributed by atoms with Crippen molar-refractivity contribution in [2.75, 3.05) is 7.11 Å². The molecule has 10 heteroatoms. The van der Waals surface area contributed by atoms with E-state index in [-0.39, 0.29) is 11.4 Å². The minimum absolute atomic E-state index is 0.277. The first kappa shape index (κ1) is 30.2. The van der Waals surface area contributed by atoms with E-state index >= 15 is 0 Å². The van der Waals surface area contributed by atoms with Gasteiger partial charge in [0.1, 0.15) is 5.82 Å². The Labute approximate surface area is 244 Å². The maximum Gasteiger partial charge on any atom is 0.338 e. The highest BCUT2D eigenvalue weighted by atomic mass is 32.2. The molecular weight excluding hydrogens is 554 g/mol. The van der Waals surface area contributed by atoms with Gasteiger partial charge < -0.3 is 9.84 Å². The molecule has 4 aromatic rings. The van der Waals surface area contributed by atoms with Crippen LogP contribution in [0.25, 0.3) is 11.1 Å². The van der Waals surface area contributed by atoms with Gasteiger partial charge in [-0.15, -0.1) is 6.42 Å². The molecule has 0 aliphatic rings. The molecule has 2 aromatic heterocycles. The third-order valence-corrected chi connectivity index (χ3v) is 8.63. The predicted molar refractivity (Wildman–Crippen MR) is 158 cm³/mol. The van der Waals surface area contributed by atoms with Crippen molar-refractivity contribution in [1.82, 2.24) is 14.5 Å². The molecule has 0 aliphatic heterocycles. The van der Waals surface area contributed by atoms with Crippen molar-refractivity contribution in [3.05, 3.63) is 99.7 Å². The molecule has 9 nitrogen and oxygen atoms in total. The number of carbonyl (C=O) groups excluding carboxylic acids is 1. The predicted octanol–water partition coefficient (Wildman–Crippen LogP) is 4.95. The van der Waals surface area contributed by atoms with Crippen molar-refractivity contribution in [3.63, 3.8) is 0 Å². The van der Waals surface area contributed by atoms with Crippen molar-refractivity contribution in [2.45, 2.75) is 55.5 Å². The Balaban J connectivity index is 1.86. The number of aromatic hydroxyl groups is 1. The van der Waals surface area contributed by atoms with Crippen molar-refractivity contribution in [2.24, 2.45) is 0 Å². The number of methoxy groups -OCH3 is 1. The maximum atomic E-state index is 14.0. The Morgan fingerprint density at radius 2 is 1.88 bits per heavy atom. The zero-order chi connectivity index (χ0) is 30.4. The Hall–Kier alpha value is -4.75. The van der Waals surface area contributed by atoms with Crippen LogP contribution in [0.5, 0.6) is 5.88 Å². The normalized spacial score (nSPS) is 12.0. The first-order valence-electron chi connectivity index (χ1n) is 13.5. The quantitative estimate of drug-likeness (QED) is 0.204. The lowest BCUT2D eigenvalue weighted by Gasteiger charge is -2.23. The number of carbonyl (C=O) groups is 1. The van der Waals surface area contributed by atoms with Crippen LogP contribution in [0.15, 0.2) is 81.6 Å². The largest absolute Gasteiger partial charge is 0.492 e. The van der Waals surface area contributed by atoms with E-state index in [9.17, 15) is 23.1 Å². The average Bonchev–Trinajstić information content (AvgIpc) is 3.01. The van der Waals surface area contributed by atoms with E-state index in [1.165, 1.54) is 30.0 Å². The number of aromatic nitrogens is 3. The Bertz CT molecular complexity index is 1820. The zero-order valence-corrected chi connectivity index (χ0v) is 24.4. The van der Waals surface area contributed by atoms with Crippen LogP contribution < -0.4 is 5.56 Å². The lowest BCUT2D eigenvalue weighted by molar-refractivity contribution is 0.0601. The summed E-state index contributed by atoms with van der Waals surface area (Å²) >= 11 is 0. The van der Waals surface area contributed by atoms with Crippen molar-refractivity contribution >= 4 is 15.8 Å². The number of terminal acetylenes is 1. The Morgan fingerprint density at radius 3 is 2.52 bits per heavy atom. The average molecular weight is 586 g/mol. The molecule has 0 spiro atoms. The maximum absolute atomic E-state index is 14.0. The second kappa shape index (κ2) is 12.8. The molecule has 0 unspecified atom stereocenters. The number of aryl methyl sites for hydroxylation is 1. The molecular formula is C32H31N3O6S. The topological polar surface area (TPSA) is 128 Å². The fraction of sp³-hybridized carbons (Fsp3) is 0.250. The highest BCUT2D eigenvalue weighted by Crippen LogP contribution is 2.30. The molecule has 4 rings (SSSR count). The van der Waals surface area contributed by atoms with Crippen molar-refractivity contribution in [3.8, 4) is 29.4 Å².